The normalized spacial score (nSPS) is 18.4. The molecule has 0 aliphatic carbocycles. The molecule has 0 fully saturated rings. The van der Waals surface area contributed by atoms with Crippen LogP contribution in [0.25, 0.3) is 0 Å². The van der Waals surface area contributed by atoms with Crippen LogP contribution in [0.1, 0.15) is 20.8 Å². The van der Waals surface area contributed by atoms with Crippen LogP contribution >= 0.6 is 0 Å². The summed E-state index contributed by atoms with van der Waals surface area (Å²) in [6, 6.07) is 16.0. The Bertz CT molecular complexity index is 840. The molecule has 5 nitrogen and oxygen atoms in total. The summed E-state index contributed by atoms with van der Waals surface area (Å²) in [6.07, 6.45) is 3.89. The van der Waals surface area contributed by atoms with Crippen molar-refractivity contribution in [1.29, 1.82) is 0 Å². The lowest BCUT2D eigenvalue weighted by Gasteiger charge is -2.41. The summed E-state index contributed by atoms with van der Waals surface area (Å²) in [4.78, 5) is 16.5. The zero-order valence-corrected chi connectivity index (χ0v) is 15.9. The molecule has 5 heteroatoms. The van der Waals surface area contributed by atoms with Gasteiger partial charge in [0.1, 0.15) is 5.60 Å². The lowest BCUT2D eigenvalue weighted by molar-refractivity contribution is 0.0260. The number of ether oxygens (including phenoxy) is 2. The van der Waals surface area contributed by atoms with Crippen molar-refractivity contribution in [3.63, 3.8) is 0 Å². The van der Waals surface area contributed by atoms with Crippen LogP contribution in [-0.2, 0) is 4.74 Å². The van der Waals surface area contributed by atoms with Crippen molar-refractivity contribution in [2.24, 2.45) is 0 Å². The van der Waals surface area contributed by atoms with Gasteiger partial charge in [0, 0.05) is 13.1 Å². The Kier molecular flexibility index (Phi) is 4.30. The average molecular weight is 364 g/mol. The van der Waals surface area contributed by atoms with Crippen LogP contribution in [0.5, 0.6) is 11.5 Å². The van der Waals surface area contributed by atoms with Crippen molar-refractivity contribution >= 4 is 17.5 Å². The fraction of sp³-hybridized carbons (Fsp3) is 0.318. The molecule has 2 heterocycles. The third-order valence-corrected chi connectivity index (χ3v) is 4.54. The molecule has 2 aromatic carbocycles. The summed E-state index contributed by atoms with van der Waals surface area (Å²) >= 11 is 0. The van der Waals surface area contributed by atoms with E-state index in [-0.39, 0.29) is 12.1 Å². The van der Waals surface area contributed by atoms with E-state index in [1.165, 1.54) is 0 Å². The number of benzene rings is 2. The van der Waals surface area contributed by atoms with Crippen LogP contribution in [-0.4, -0.2) is 35.7 Å². The number of anilines is 2. The maximum absolute atomic E-state index is 12.6. The monoisotopic (exact) mass is 364 g/mol. The van der Waals surface area contributed by atoms with Crippen LogP contribution in [0.4, 0.5) is 16.2 Å². The molecule has 27 heavy (non-hydrogen) atoms. The Balaban J connectivity index is 1.66. The molecule has 1 amide bonds. The lowest BCUT2D eigenvalue weighted by Crippen LogP contribution is -2.48. The second-order valence-corrected chi connectivity index (χ2v) is 7.79. The average Bonchev–Trinajstić information content (AvgIpc) is 2.65. The molecule has 2 aliphatic rings. The molecule has 2 aliphatic heterocycles. The maximum Gasteiger partial charge on any atom is 0.410 e. The molecular formula is C22H24N2O3. The van der Waals surface area contributed by atoms with E-state index in [0.717, 1.165) is 22.9 Å². The van der Waals surface area contributed by atoms with E-state index in [1.807, 2.05) is 75.4 Å². The Hall–Kier alpha value is -2.95. The van der Waals surface area contributed by atoms with E-state index in [0.29, 0.717) is 13.1 Å². The molecule has 2 aromatic rings. The first-order valence-corrected chi connectivity index (χ1v) is 9.22. The number of rotatable bonds is 1. The predicted molar refractivity (Wildman–Crippen MR) is 106 cm³/mol. The van der Waals surface area contributed by atoms with Crippen molar-refractivity contribution < 1.29 is 14.3 Å². The summed E-state index contributed by atoms with van der Waals surface area (Å²) in [6.45, 7) is 6.76. The van der Waals surface area contributed by atoms with Gasteiger partial charge in [0.15, 0.2) is 11.5 Å². The first kappa shape index (κ1) is 17.5. The van der Waals surface area contributed by atoms with E-state index in [4.69, 9.17) is 9.47 Å². The lowest BCUT2D eigenvalue weighted by atomic mass is 10.1. The summed E-state index contributed by atoms with van der Waals surface area (Å²) in [7, 11) is 0. The highest BCUT2D eigenvalue weighted by Crippen LogP contribution is 2.47. The molecule has 140 valence electrons. The molecule has 0 spiro atoms. The van der Waals surface area contributed by atoms with E-state index >= 15 is 0 Å². The zero-order chi connectivity index (χ0) is 19.0. The summed E-state index contributed by atoms with van der Waals surface area (Å²) < 4.78 is 11.6. The quantitative estimate of drug-likeness (QED) is 0.660. The molecule has 0 N–H and O–H groups in total. The van der Waals surface area contributed by atoms with Crippen LogP contribution < -0.4 is 9.64 Å². The smallest absolute Gasteiger partial charge is 0.410 e. The van der Waals surface area contributed by atoms with Crippen LogP contribution in [0.15, 0.2) is 60.7 Å². The molecule has 0 saturated carbocycles. The molecule has 4 rings (SSSR count). The third kappa shape index (κ3) is 3.50. The van der Waals surface area contributed by atoms with E-state index in [2.05, 4.69) is 11.0 Å². The van der Waals surface area contributed by atoms with Gasteiger partial charge in [-0.05, 0) is 45.0 Å². The molecular weight excluding hydrogens is 340 g/mol. The molecule has 0 radical (unpaired) electrons. The third-order valence-electron chi connectivity index (χ3n) is 4.54. The highest BCUT2D eigenvalue weighted by atomic mass is 16.6. The zero-order valence-electron chi connectivity index (χ0n) is 15.9. The number of hydrogen-bond donors (Lipinski definition) is 0. The molecule has 0 bridgehead atoms. The molecule has 0 saturated heterocycles. The van der Waals surface area contributed by atoms with E-state index in [9.17, 15) is 4.79 Å². The first-order valence-electron chi connectivity index (χ1n) is 9.22. The largest absolute Gasteiger partial charge is 0.453 e. The van der Waals surface area contributed by atoms with Gasteiger partial charge in [-0.15, -0.1) is 0 Å². The minimum atomic E-state index is -0.508. The van der Waals surface area contributed by atoms with Gasteiger partial charge in [0.25, 0.3) is 0 Å². The second kappa shape index (κ2) is 6.65. The standard InChI is InChI=1S/C22H24N2O3/c1-22(2,3)27-21(25)23-14-8-9-16(15-23)24-17-10-4-6-12-19(17)26-20-13-7-5-11-18(20)24/h4-13,16H,14-15H2,1-3H3/t16-/m1/s1. The summed E-state index contributed by atoms with van der Waals surface area (Å²) in [5, 5.41) is 0. The second-order valence-electron chi connectivity index (χ2n) is 7.79. The van der Waals surface area contributed by atoms with Crippen molar-refractivity contribution in [3.8, 4) is 11.5 Å². The first-order chi connectivity index (χ1) is 12.9. The van der Waals surface area contributed by atoms with Crippen LogP contribution in [0.2, 0.25) is 0 Å². The predicted octanol–water partition coefficient (Wildman–Crippen LogP) is 5.11. The summed E-state index contributed by atoms with van der Waals surface area (Å²) in [5.41, 5.74) is 1.49. The number of hydrogen-bond acceptors (Lipinski definition) is 4. The van der Waals surface area contributed by atoms with E-state index < -0.39 is 5.60 Å². The number of carbonyl (C=O) groups is 1. The Labute approximate surface area is 159 Å². The van der Waals surface area contributed by atoms with Gasteiger partial charge < -0.3 is 19.3 Å². The molecule has 0 unspecified atom stereocenters. The number of fused-ring (bicyclic) bond motifs is 2. The fourth-order valence-corrected chi connectivity index (χ4v) is 3.44. The Morgan fingerprint density at radius 2 is 1.63 bits per heavy atom. The minimum Gasteiger partial charge on any atom is -0.453 e. The topological polar surface area (TPSA) is 42.0 Å². The Morgan fingerprint density at radius 1 is 1.04 bits per heavy atom. The van der Waals surface area contributed by atoms with Crippen LogP contribution in [0.3, 0.4) is 0 Å². The molecule has 0 aromatic heterocycles. The number of carbonyl (C=O) groups excluding carboxylic acids is 1. The minimum absolute atomic E-state index is 0.00234. The highest BCUT2D eigenvalue weighted by molar-refractivity contribution is 5.79. The van der Waals surface area contributed by atoms with E-state index in [1.54, 1.807) is 4.90 Å². The number of para-hydroxylation sites is 4. The maximum atomic E-state index is 12.6. The number of amides is 1. The van der Waals surface area contributed by atoms with Gasteiger partial charge in [-0.3, -0.25) is 0 Å². The van der Waals surface area contributed by atoms with Gasteiger partial charge in [-0.1, -0.05) is 36.4 Å². The van der Waals surface area contributed by atoms with Crippen molar-refractivity contribution in [2.75, 3.05) is 18.0 Å². The molecule has 1 atom stereocenters. The van der Waals surface area contributed by atoms with Crippen molar-refractivity contribution in [1.82, 2.24) is 4.90 Å². The van der Waals surface area contributed by atoms with Gasteiger partial charge in [-0.25, -0.2) is 4.79 Å². The van der Waals surface area contributed by atoms with Gasteiger partial charge >= 0.3 is 6.09 Å². The van der Waals surface area contributed by atoms with Gasteiger partial charge in [-0.2, -0.15) is 0 Å². The summed E-state index contributed by atoms with van der Waals surface area (Å²) in [5.74, 6) is 1.64. The van der Waals surface area contributed by atoms with Gasteiger partial charge in [0.05, 0.1) is 17.4 Å². The fourth-order valence-electron chi connectivity index (χ4n) is 3.44. The number of nitrogens with zero attached hydrogens (tertiary/aromatic N) is 2. The highest BCUT2D eigenvalue weighted by Gasteiger charge is 2.33. The van der Waals surface area contributed by atoms with Crippen molar-refractivity contribution in [2.45, 2.75) is 32.4 Å². The van der Waals surface area contributed by atoms with Crippen molar-refractivity contribution in [3.05, 3.63) is 60.7 Å². The van der Waals surface area contributed by atoms with Crippen LogP contribution in [0, 0.1) is 0 Å². The van der Waals surface area contributed by atoms with Gasteiger partial charge in [0.2, 0.25) is 0 Å². The SMILES string of the molecule is CC(C)(C)OC(=O)N1CC=C[C@@H](N2c3ccccc3Oc3ccccc32)C1. The Morgan fingerprint density at radius 3 is 2.22 bits per heavy atom.